The Kier molecular flexibility index (Phi) is 1.89. The molecule has 0 aromatic carbocycles. The Morgan fingerprint density at radius 1 is 0.952 bits per heavy atom. The second-order valence-corrected chi connectivity index (χ2v) is 5.76. The fraction of sp³-hybridized carbons (Fsp3) is 0.375. The van der Waals surface area contributed by atoms with Crippen LogP contribution in [0.5, 0.6) is 0 Å². The van der Waals surface area contributed by atoms with Gasteiger partial charge in [-0.05, 0) is 51.9 Å². The van der Waals surface area contributed by atoms with Gasteiger partial charge in [0.15, 0.2) is 0 Å². The van der Waals surface area contributed by atoms with Crippen molar-refractivity contribution < 1.29 is 18.9 Å². The molecule has 0 unspecified atom stereocenters. The van der Waals surface area contributed by atoms with Crippen molar-refractivity contribution in [2.45, 2.75) is 38.9 Å². The summed E-state index contributed by atoms with van der Waals surface area (Å²) in [7, 11) is -1.06. The predicted molar refractivity (Wildman–Crippen MR) is 83.2 cm³/mol. The number of pyridine rings is 2. The van der Waals surface area contributed by atoms with E-state index in [2.05, 4.69) is 9.97 Å². The Bertz CT molecular complexity index is 968. The number of hydrogen-bond donors (Lipinski definition) is 0. The highest BCUT2D eigenvalue weighted by Crippen LogP contribution is 2.36. The SMILES string of the molecule is [2H]c1nc(-c2nc(B3OC(C)(C)C(C)(C)O3)c([2H])c([2H])c2[2H])c([2H])c([2H])c1[2H]. The summed E-state index contributed by atoms with van der Waals surface area (Å²) in [6.07, 6.45) is -0.532. The van der Waals surface area contributed by atoms with Crippen molar-refractivity contribution >= 4 is 12.7 Å². The molecule has 0 amide bonds. The van der Waals surface area contributed by atoms with Crippen molar-refractivity contribution in [3.63, 3.8) is 0 Å². The maximum absolute atomic E-state index is 8.19. The molecule has 1 aliphatic rings. The minimum atomic E-state index is -1.06. The summed E-state index contributed by atoms with van der Waals surface area (Å²) in [5, 5.41) is 0. The molecule has 0 atom stereocenters. The van der Waals surface area contributed by atoms with E-state index in [-0.39, 0.29) is 23.0 Å². The first-order valence-corrected chi connectivity index (χ1v) is 6.56. The van der Waals surface area contributed by atoms with Gasteiger partial charge in [0.1, 0.15) is 0 Å². The molecule has 108 valence electrons. The summed E-state index contributed by atoms with van der Waals surface area (Å²) < 4.78 is 67.4. The first-order chi connectivity index (χ1) is 12.8. The van der Waals surface area contributed by atoms with E-state index in [4.69, 9.17) is 18.9 Å². The zero-order chi connectivity index (χ0) is 21.2. The van der Waals surface area contributed by atoms with Crippen LogP contribution in [0.15, 0.2) is 42.4 Å². The highest BCUT2D eigenvalue weighted by atomic mass is 16.7. The Morgan fingerprint density at radius 2 is 1.62 bits per heavy atom. The molecule has 21 heavy (non-hydrogen) atoms. The molecule has 2 aromatic rings. The molecule has 1 saturated heterocycles. The van der Waals surface area contributed by atoms with Crippen molar-refractivity contribution in [2.24, 2.45) is 0 Å². The highest BCUT2D eigenvalue weighted by molar-refractivity contribution is 6.61. The maximum atomic E-state index is 8.19. The average Bonchev–Trinajstić information content (AvgIpc) is 2.82. The van der Waals surface area contributed by atoms with E-state index in [0.717, 1.165) is 0 Å². The molecule has 0 N–H and O–H groups in total. The number of aromatic nitrogens is 2. The van der Waals surface area contributed by atoms with E-state index in [1.54, 1.807) is 0 Å². The van der Waals surface area contributed by atoms with Crippen molar-refractivity contribution in [3.8, 4) is 11.4 Å². The molecule has 0 radical (unpaired) electrons. The second kappa shape index (κ2) is 4.93. The Hall–Kier alpha value is -1.72. The molecule has 1 aliphatic heterocycles. The van der Waals surface area contributed by atoms with Crippen LogP contribution >= 0.6 is 0 Å². The molecular formula is C16H19BN2O2. The molecular weight excluding hydrogens is 263 g/mol. The molecule has 0 spiro atoms. The van der Waals surface area contributed by atoms with E-state index in [1.807, 2.05) is 27.7 Å². The number of nitrogens with zero attached hydrogens (tertiary/aromatic N) is 2. The summed E-state index contributed by atoms with van der Waals surface area (Å²) in [6, 6.07) is -2.75. The van der Waals surface area contributed by atoms with Crippen LogP contribution in [0.3, 0.4) is 0 Å². The summed E-state index contributed by atoms with van der Waals surface area (Å²) >= 11 is 0. The van der Waals surface area contributed by atoms with Crippen LogP contribution in [0.25, 0.3) is 11.4 Å². The molecule has 5 heteroatoms. The fourth-order valence-corrected chi connectivity index (χ4v) is 1.85. The minimum Gasteiger partial charge on any atom is -0.398 e. The van der Waals surface area contributed by atoms with Crippen LogP contribution in [0.4, 0.5) is 0 Å². The van der Waals surface area contributed by atoms with Gasteiger partial charge in [-0.3, -0.25) is 9.97 Å². The fourth-order valence-electron chi connectivity index (χ4n) is 1.85. The van der Waals surface area contributed by atoms with Crippen LogP contribution in [-0.2, 0) is 9.31 Å². The first kappa shape index (κ1) is 8.06. The summed E-state index contributed by atoms with van der Waals surface area (Å²) in [5.41, 5.74) is -1.94. The van der Waals surface area contributed by atoms with E-state index in [9.17, 15) is 0 Å². The predicted octanol–water partition coefficient (Wildman–Crippen LogP) is 2.44. The largest absolute Gasteiger partial charge is 0.514 e. The molecule has 3 heterocycles. The van der Waals surface area contributed by atoms with Gasteiger partial charge in [0, 0.05) is 6.17 Å². The zero-order valence-electron chi connectivity index (χ0n) is 19.3. The van der Waals surface area contributed by atoms with E-state index in [1.165, 1.54) is 0 Å². The first-order valence-electron chi connectivity index (χ1n) is 10.1. The number of hydrogen-bond acceptors (Lipinski definition) is 4. The van der Waals surface area contributed by atoms with Gasteiger partial charge in [-0.25, -0.2) is 0 Å². The van der Waals surface area contributed by atoms with Crippen molar-refractivity contribution in [1.29, 1.82) is 0 Å². The molecule has 3 rings (SSSR count). The van der Waals surface area contributed by atoms with E-state index in [0.29, 0.717) is 0 Å². The van der Waals surface area contributed by atoms with Gasteiger partial charge < -0.3 is 9.31 Å². The average molecular weight is 289 g/mol. The van der Waals surface area contributed by atoms with Crippen LogP contribution in [0, 0.1) is 0 Å². The zero-order valence-corrected chi connectivity index (χ0v) is 12.3. The van der Waals surface area contributed by atoms with Gasteiger partial charge in [-0.1, -0.05) is 12.1 Å². The summed E-state index contributed by atoms with van der Waals surface area (Å²) in [5.74, 6) is 0. The van der Waals surface area contributed by atoms with Crippen LogP contribution in [0.2, 0.25) is 0 Å². The van der Waals surface area contributed by atoms with E-state index >= 15 is 0 Å². The molecule has 4 nitrogen and oxygen atoms in total. The van der Waals surface area contributed by atoms with Crippen LogP contribution in [-0.4, -0.2) is 28.3 Å². The minimum absolute atomic E-state index is 0.0381. The van der Waals surface area contributed by atoms with Gasteiger partial charge in [0.25, 0.3) is 0 Å². The van der Waals surface area contributed by atoms with Gasteiger partial charge in [-0.2, -0.15) is 0 Å². The van der Waals surface area contributed by atoms with Gasteiger partial charge >= 0.3 is 7.12 Å². The van der Waals surface area contributed by atoms with Crippen LogP contribution < -0.4 is 5.59 Å². The Labute approximate surface area is 135 Å². The molecule has 0 aliphatic carbocycles. The van der Waals surface area contributed by atoms with Gasteiger partial charge in [-0.15, -0.1) is 0 Å². The normalized spacial score (nSPS) is 24.4. The van der Waals surface area contributed by atoms with Gasteiger partial charge in [0.05, 0.1) is 37.8 Å². The second-order valence-electron chi connectivity index (χ2n) is 5.76. The van der Waals surface area contributed by atoms with Crippen LogP contribution in [0.1, 0.15) is 37.3 Å². The van der Waals surface area contributed by atoms with Crippen molar-refractivity contribution in [3.05, 3.63) is 42.4 Å². The maximum Gasteiger partial charge on any atom is 0.514 e. The third-order valence-electron chi connectivity index (χ3n) is 3.77. The topological polar surface area (TPSA) is 44.2 Å². The highest BCUT2D eigenvalue weighted by Gasteiger charge is 2.52. The molecule has 2 aromatic heterocycles. The monoisotopic (exact) mass is 289 g/mol. The lowest BCUT2D eigenvalue weighted by molar-refractivity contribution is 0.00578. The number of rotatable bonds is 2. The lowest BCUT2D eigenvalue weighted by Crippen LogP contribution is -2.41. The standard InChI is InChI=1S/C16H19BN2O2/c1-15(2)16(3,4)21-17(20-15)14-10-7-9-13(19-14)12-8-5-6-11-18-12/h5-11H,1-4H3/i5D,6D,7D,8D,9D,10D,11D. The third-order valence-corrected chi connectivity index (χ3v) is 3.77. The molecule has 1 fully saturated rings. The quantitative estimate of drug-likeness (QED) is 0.797. The van der Waals surface area contributed by atoms with E-state index < -0.39 is 54.7 Å². The third kappa shape index (κ3) is 2.59. The Balaban J connectivity index is 2.22. The Morgan fingerprint density at radius 3 is 2.33 bits per heavy atom. The summed E-state index contributed by atoms with van der Waals surface area (Å²) in [6.45, 7) is 7.31. The molecule has 0 saturated carbocycles. The van der Waals surface area contributed by atoms with Crippen molar-refractivity contribution in [1.82, 2.24) is 9.97 Å². The lowest BCUT2D eigenvalue weighted by Gasteiger charge is -2.32. The smallest absolute Gasteiger partial charge is 0.398 e. The lowest BCUT2D eigenvalue weighted by atomic mass is 9.84. The van der Waals surface area contributed by atoms with Gasteiger partial charge in [0.2, 0.25) is 0 Å². The van der Waals surface area contributed by atoms with Crippen molar-refractivity contribution in [2.75, 3.05) is 0 Å². The molecule has 0 bridgehead atoms. The summed E-state index contributed by atoms with van der Waals surface area (Å²) in [4.78, 5) is 8.06.